The van der Waals surface area contributed by atoms with E-state index in [9.17, 15) is 19.8 Å². The number of aliphatic hydroxyl groups is 3. The summed E-state index contributed by atoms with van der Waals surface area (Å²) in [6.07, 6.45) is 7.77. The molecule has 0 aromatic heterocycles. The fourth-order valence-corrected chi connectivity index (χ4v) is 2.64. The zero-order valence-corrected chi connectivity index (χ0v) is 14.9. The Morgan fingerprint density at radius 2 is 1.64 bits per heavy atom. The Labute approximate surface area is 148 Å². The average molecular weight is 358 g/mol. The molecule has 0 bridgehead atoms. The van der Waals surface area contributed by atoms with Crippen molar-refractivity contribution in [2.24, 2.45) is 0 Å². The molecule has 1 heterocycles. The van der Waals surface area contributed by atoms with Crippen molar-refractivity contribution < 1.29 is 34.4 Å². The Hall–Kier alpha value is -1.76. The molecule has 25 heavy (non-hydrogen) atoms. The summed E-state index contributed by atoms with van der Waals surface area (Å²) in [5, 5.41) is 28.4. The van der Waals surface area contributed by atoms with Crippen molar-refractivity contribution in [2.45, 2.75) is 83.3 Å². The number of unbranched alkanes of at least 4 members (excludes halogenated alkanes) is 8. The molecule has 0 saturated heterocycles. The van der Waals surface area contributed by atoms with E-state index in [1.807, 2.05) is 0 Å². The molecule has 7 heteroatoms. The lowest BCUT2D eigenvalue weighted by atomic mass is 10.1. The van der Waals surface area contributed by atoms with Crippen LogP contribution in [0.4, 0.5) is 0 Å². The fraction of sp³-hybridized carbons (Fsp3) is 0.778. The Kier molecular flexibility index (Phi) is 9.99. The summed E-state index contributed by atoms with van der Waals surface area (Å²) < 4.78 is 9.50. The molecule has 2 atom stereocenters. The van der Waals surface area contributed by atoms with E-state index in [1.165, 1.54) is 38.5 Å². The second kappa shape index (κ2) is 11.7. The summed E-state index contributed by atoms with van der Waals surface area (Å²) in [6, 6.07) is 0. The third-order valence-electron chi connectivity index (χ3n) is 4.19. The van der Waals surface area contributed by atoms with E-state index in [0.29, 0.717) is 0 Å². The highest BCUT2D eigenvalue weighted by Crippen LogP contribution is 2.21. The highest BCUT2D eigenvalue weighted by Gasteiger charge is 2.39. The lowest BCUT2D eigenvalue weighted by Crippen LogP contribution is -2.33. The van der Waals surface area contributed by atoms with Crippen LogP contribution < -0.4 is 0 Å². The third kappa shape index (κ3) is 7.77. The lowest BCUT2D eigenvalue weighted by molar-refractivity contribution is -0.154. The number of esters is 2. The van der Waals surface area contributed by atoms with Crippen LogP contribution in [0.1, 0.15) is 71.1 Å². The van der Waals surface area contributed by atoms with E-state index in [-0.39, 0.29) is 6.42 Å². The third-order valence-corrected chi connectivity index (χ3v) is 4.19. The van der Waals surface area contributed by atoms with Crippen molar-refractivity contribution in [3.63, 3.8) is 0 Å². The molecule has 144 valence electrons. The highest BCUT2D eigenvalue weighted by atomic mass is 16.6. The molecule has 0 aliphatic carbocycles. The monoisotopic (exact) mass is 358 g/mol. The maximum Gasteiger partial charge on any atom is 0.377 e. The highest BCUT2D eigenvalue weighted by molar-refractivity contribution is 5.89. The van der Waals surface area contributed by atoms with E-state index < -0.39 is 42.3 Å². The van der Waals surface area contributed by atoms with E-state index in [0.717, 1.165) is 19.3 Å². The molecule has 0 aromatic carbocycles. The molecule has 0 aromatic rings. The minimum Gasteiger partial charge on any atom is -0.505 e. The zero-order chi connectivity index (χ0) is 18.7. The van der Waals surface area contributed by atoms with Gasteiger partial charge in [-0.2, -0.15) is 0 Å². The van der Waals surface area contributed by atoms with Crippen LogP contribution in [0.2, 0.25) is 0 Å². The van der Waals surface area contributed by atoms with Gasteiger partial charge in [-0.3, -0.25) is 4.79 Å². The van der Waals surface area contributed by atoms with Gasteiger partial charge in [-0.15, -0.1) is 0 Å². The van der Waals surface area contributed by atoms with Gasteiger partial charge in [0.15, 0.2) is 11.9 Å². The summed E-state index contributed by atoms with van der Waals surface area (Å²) in [5.74, 6) is -3.22. The molecule has 7 nitrogen and oxygen atoms in total. The van der Waals surface area contributed by atoms with Gasteiger partial charge in [0.05, 0.1) is 0 Å². The van der Waals surface area contributed by atoms with Crippen LogP contribution in [-0.2, 0) is 19.1 Å². The summed E-state index contributed by atoms with van der Waals surface area (Å²) >= 11 is 0. The van der Waals surface area contributed by atoms with Crippen molar-refractivity contribution in [2.75, 3.05) is 6.61 Å². The first-order valence-electron chi connectivity index (χ1n) is 9.14. The van der Waals surface area contributed by atoms with Crippen molar-refractivity contribution in [1.29, 1.82) is 0 Å². The van der Waals surface area contributed by atoms with E-state index in [2.05, 4.69) is 11.7 Å². The van der Waals surface area contributed by atoms with Crippen LogP contribution in [0.3, 0.4) is 0 Å². The maximum absolute atomic E-state index is 11.6. The SMILES string of the molecule is CCCCCCCCCCCC(=O)OC[C@@H](O)[C@H]1OC(=O)C(O)=C1O. The van der Waals surface area contributed by atoms with E-state index in [4.69, 9.17) is 9.84 Å². The number of rotatable bonds is 13. The second-order valence-electron chi connectivity index (χ2n) is 6.39. The number of cyclic esters (lactones) is 1. The molecule has 0 saturated carbocycles. The van der Waals surface area contributed by atoms with E-state index >= 15 is 0 Å². The molecular weight excluding hydrogens is 328 g/mol. The Balaban J connectivity index is 2.05. The molecule has 0 spiro atoms. The number of carbonyl (C=O) groups excluding carboxylic acids is 2. The number of hydrogen-bond donors (Lipinski definition) is 3. The number of aliphatic hydroxyl groups excluding tert-OH is 3. The molecule has 0 radical (unpaired) electrons. The molecule has 1 rings (SSSR count). The van der Waals surface area contributed by atoms with Gasteiger partial charge in [0.1, 0.15) is 12.7 Å². The number of carbonyl (C=O) groups is 2. The summed E-state index contributed by atoms with van der Waals surface area (Å²) in [4.78, 5) is 22.6. The molecule has 0 unspecified atom stereocenters. The standard InChI is InChI=1S/C18H30O7/c1-2-3-4-5-6-7-8-9-10-11-14(20)24-12-13(19)17-15(21)16(22)18(23)25-17/h13,17,19,21-22H,2-12H2,1H3/t13-,17-/m1/s1. The normalized spacial score (nSPS) is 18.3. The lowest BCUT2D eigenvalue weighted by Gasteiger charge is -2.17. The van der Waals surface area contributed by atoms with Crippen LogP contribution in [0.25, 0.3) is 0 Å². The maximum atomic E-state index is 11.6. The molecule has 0 fully saturated rings. The summed E-state index contributed by atoms with van der Waals surface area (Å²) in [6.45, 7) is 1.78. The predicted molar refractivity (Wildman–Crippen MR) is 91.0 cm³/mol. The fourth-order valence-electron chi connectivity index (χ4n) is 2.64. The smallest absolute Gasteiger partial charge is 0.377 e. The molecule has 3 N–H and O–H groups in total. The first-order valence-corrected chi connectivity index (χ1v) is 9.14. The Morgan fingerprint density at radius 3 is 2.16 bits per heavy atom. The molecule has 0 amide bonds. The quantitative estimate of drug-likeness (QED) is 0.342. The number of ether oxygens (including phenoxy) is 2. The van der Waals surface area contributed by atoms with Gasteiger partial charge >= 0.3 is 11.9 Å². The Bertz CT molecular complexity index is 458. The van der Waals surface area contributed by atoms with E-state index in [1.54, 1.807) is 0 Å². The zero-order valence-electron chi connectivity index (χ0n) is 14.9. The average Bonchev–Trinajstić information content (AvgIpc) is 2.85. The second-order valence-corrected chi connectivity index (χ2v) is 6.39. The van der Waals surface area contributed by atoms with Crippen molar-refractivity contribution >= 4 is 11.9 Å². The first kappa shape index (κ1) is 21.3. The van der Waals surface area contributed by atoms with Crippen LogP contribution in [0.5, 0.6) is 0 Å². The van der Waals surface area contributed by atoms with Crippen LogP contribution in [0.15, 0.2) is 11.5 Å². The van der Waals surface area contributed by atoms with Crippen LogP contribution >= 0.6 is 0 Å². The van der Waals surface area contributed by atoms with Gasteiger partial charge in [-0.25, -0.2) is 4.79 Å². The van der Waals surface area contributed by atoms with Gasteiger partial charge in [-0.1, -0.05) is 58.3 Å². The van der Waals surface area contributed by atoms with Crippen molar-refractivity contribution in [1.82, 2.24) is 0 Å². The van der Waals surface area contributed by atoms with Crippen LogP contribution in [-0.4, -0.2) is 46.1 Å². The largest absolute Gasteiger partial charge is 0.505 e. The summed E-state index contributed by atoms with van der Waals surface area (Å²) in [5.41, 5.74) is 0. The van der Waals surface area contributed by atoms with Crippen molar-refractivity contribution in [3.05, 3.63) is 11.5 Å². The topological polar surface area (TPSA) is 113 Å². The van der Waals surface area contributed by atoms with Gasteiger partial charge < -0.3 is 24.8 Å². The van der Waals surface area contributed by atoms with Gasteiger partial charge in [0, 0.05) is 6.42 Å². The summed E-state index contributed by atoms with van der Waals surface area (Å²) in [7, 11) is 0. The molecule has 1 aliphatic heterocycles. The minimum atomic E-state index is -1.42. The minimum absolute atomic E-state index is 0.264. The Morgan fingerprint density at radius 1 is 1.08 bits per heavy atom. The predicted octanol–water partition coefficient (Wildman–Crippen LogP) is 3.06. The van der Waals surface area contributed by atoms with Crippen molar-refractivity contribution in [3.8, 4) is 0 Å². The van der Waals surface area contributed by atoms with Crippen LogP contribution in [0, 0.1) is 0 Å². The molecular formula is C18H30O7. The van der Waals surface area contributed by atoms with Gasteiger partial charge in [0.25, 0.3) is 0 Å². The number of hydrogen-bond acceptors (Lipinski definition) is 7. The first-order chi connectivity index (χ1) is 12.0. The molecule has 1 aliphatic rings. The van der Waals surface area contributed by atoms with Gasteiger partial charge in [0.2, 0.25) is 5.76 Å². The van der Waals surface area contributed by atoms with Gasteiger partial charge in [-0.05, 0) is 6.42 Å².